The summed E-state index contributed by atoms with van der Waals surface area (Å²) in [5, 5.41) is 1.93. The maximum absolute atomic E-state index is 13.3. The summed E-state index contributed by atoms with van der Waals surface area (Å²) in [6.07, 6.45) is 1.44. The van der Waals surface area contributed by atoms with E-state index < -0.39 is 11.9 Å². The lowest BCUT2D eigenvalue weighted by Gasteiger charge is -2.23. The predicted octanol–water partition coefficient (Wildman–Crippen LogP) is 4.72. The van der Waals surface area contributed by atoms with Crippen molar-refractivity contribution in [3.05, 3.63) is 71.8 Å². The molecule has 4 heteroatoms. The van der Waals surface area contributed by atoms with Crippen molar-refractivity contribution in [1.82, 2.24) is 4.90 Å². The van der Waals surface area contributed by atoms with Crippen molar-refractivity contribution >= 4 is 22.6 Å². The second-order valence-electron chi connectivity index (χ2n) is 8.04. The molecule has 0 radical (unpaired) electrons. The van der Waals surface area contributed by atoms with Gasteiger partial charge < -0.3 is 10.6 Å². The first kappa shape index (κ1) is 19.2. The highest BCUT2D eigenvalue weighted by Crippen LogP contribution is 2.33. The number of amides is 2. The lowest BCUT2D eigenvalue weighted by molar-refractivity contribution is -0.121. The predicted molar refractivity (Wildman–Crippen MR) is 117 cm³/mol. The van der Waals surface area contributed by atoms with E-state index in [1.54, 1.807) is 4.90 Å². The summed E-state index contributed by atoms with van der Waals surface area (Å²) in [5.41, 5.74) is 9.66. The van der Waals surface area contributed by atoms with Crippen molar-refractivity contribution in [2.24, 2.45) is 5.73 Å². The Kier molecular flexibility index (Phi) is 5.10. The van der Waals surface area contributed by atoms with Gasteiger partial charge in [0, 0.05) is 12.1 Å². The molecule has 1 atom stereocenters. The van der Waals surface area contributed by atoms with Crippen LogP contribution in [0.3, 0.4) is 0 Å². The van der Waals surface area contributed by atoms with E-state index in [-0.39, 0.29) is 5.91 Å². The van der Waals surface area contributed by atoms with Crippen molar-refractivity contribution in [1.29, 1.82) is 0 Å². The van der Waals surface area contributed by atoms with E-state index in [1.807, 2.05) is 36.4 Å². The number of hydrogen-bond acceptors (Lipinski definition) is 2. The molecule has 0 spiro atoms. The summed E-state index contributed by atoms with van der Waals surface area (Å²) >= 11 is 0. The maximum atomic E-state index is 13.3. The largest absolute Gasteiger partial charge is 0.368 e. The molecule has 4 nitrogen and oxygen atoms in total. The normalized spacial score (nSPS) is 16.5. The van der Waals surface area contributed by atoms with E-state index in [0.717, 1.165) is 28.3 Å². The lowest BCUT2D eigenvalue weighted by atomic mass is 9.93. The topological polar surface area (TPSA) is 63.4 Å². The molecule has 1 saturated heterocycles. The Bertz CT molecular complexity index is 1070. The number of carbonyl (C=O) groups excluding carboxylic acids is 2. The quantitative estimate of drug-likeness (QED) is 0.705. The highest BCUT2D eigenvalue weighted by atomic mass is 16.2. The Hall–Kier alpha value is -3.14. The van der Waals surface area contributed by atoms with Crippen LogP contribution in [0.5, 0.6) is 0 Å². The van der Waals surface area contributed by atoms with Crippen LogP contribution in [0.25, 0.3) is 21.9 Å². The molecule has 0 bridgehead atoms. The van der Waals surface area contributed by atoms with E-state index in [4.69, 9.17) is 5.73 Å². The van der Waals surface area contributed by atoms with Gasteiger partial charge in [0.05, 0.1) is 0 Å². The van der Waals surface area contributed by atoms with Crippen LogP contribution in [0.1, 0.15) is 48.5 Å². The second-order valence-corrected chi connectivity index (χ2v) is 8.04. The monoisotopic (exact) mass is 386 g/mol. The number of rotatable bonds is 4. The number of carbonyl (C=O) groups is 2. The van der Waals surface area contributed by atoms with Crippen molar-refractivity contribution in [3.63, 3.8) is 0 Å². The number of likely N-dealkylation sites (tertiary alicyclic amines) is 1. The van der Waals surface area contributed by atoms with Gasteiger partial charge in [0.25, 0.3) is 5.91 Å². The number of fused-ring (bicyclic) bond motifs is 1. The fraction of sp³-hybridized carbons (Fsp3) is 0.280. The average Bonchev–Trinajstić information content (AvgIpc) is 3.23. The van der Waals surface area contributed by atoms with Crippen LogP contribution in [0.15, 0.2) is 60.7 Å². The zero-order valence-corrected chi connectivity index (χ0v) is 16.9. The van der Waals surface area contributed by atoms with Crippen molar-refractivity contribution in [2.45, 2.75) is 38.6 Å². The third-order valence-electron chi connectivity index (χ3n) is 5.88. The molecule has 0 aliphatic carbocycles. The molecule has 1 aliphatic heterocycles. The van der Waals surface area contributed by atoms with Gasteiger partial charge in [0.2, 0.25) is 5.91 Å². The number of hydrogen-bond donors (Lipinski definition) is 1. The highest BCUT2D eigenvalue weighted by molar-refractivity contribution is 6.11. The fourth-order valence-corrected chi connectivity index (χ4v) is 4.25. The van der Waals surface area contributed by atoms with Gasteiger partial charge in [-0.3, -0.25) is 9.59 Å². The van der Waals surface area contributed by atoms with Crippen LogP contribution in [-0.2, 0) is 4.79 Å². The molecule has 3 aromatic carbocycles. The standard InChI is InChI=1S/C25H26N2O2/c1-16(2)17-9-11-18(12-10-17)19-13-14-22(21-7-4-3-6-20(19)21)25(29)27-15-5-8-23(27)24(26)28/h3-4,6-7,9-14,16,23H,5,8,15H2,1-2H3,(H2,26,28)/t23-/m1/s1. The minimum absolute atomic E-state index is 0.121. The molecular formula is C25H26N2O2. The van der Waals surface area contributed by atoms with Gasteiger partial charge in [-0.15, -0.1) is 0 Å². The Labute approximate surface area is 171 Å². The summed E-state index contributed by atoms with van der Waals surface area (Å²) in [5.74, 6) is -0.0642. The van der Waals surface area contributed by atoms with Gasteiger partial charge in [-0.05, 0) is 52.3 Å². The van der Waals surface area contributed by atoms with Gasteiger partial charge in [0.1, 0.15) is 6.04 Å². The second kappa shape index (κ2) is 7.70. The molecule has 1 heterocycles. The van der Waals surface area contributed by atoms with Gasteiger partial charge in [-0.1, -0.05) is 68.4 Å². The van der Waals surface area contributed by atoms with E-state index in [1.165, 1.54) is 5.56 Å². The van der Waals surface area contributed by atoms with Gasteiger partial charge in [0.15, 0.2) is 0 Å². The van der Waals surface area contributed by atoms with E-state index in [2.05, 4.69) is 38.1 Å². The molecular weight excluding hydrogens is 360 g/mol. The SMILES string of the molecule is CC(C)c1ccc(-c2ccc(C(=O)N3CCC[C@@H]3C(N)=O)c3ccccc23)cc1. The maximum Gasteiger partial charge on any atom is 0.255 e. The molecule has 3 aromatic rings. The van der Waals surface area contributed by atoms with E-state index in [0.29, 0.717) is 24.4 Å². The first-order valence-corrected chi connectivity index (χ1v) is 10.2. The number of benzene rings is 3. The van der Waals surface area contributed by atoms with Crippen molar-refractivity contribution in [2.75, 3.05) is 6.54 Å². The summed E-state index contributed by atoms with van der Waals surface area (Å²) in [6, 6.07) is 19.9. The Morgan fingerprint density at radius 3 is 2.31 bits per heavy atom. The first-order chi connectivity index (χ1) is 14.0. The smallest absolute Gasteiger partial charge is 0.255 e. The van der Waals surface area contributed by atoms with Crippen molar-refractivity contribution < 1.29 is 9.59 Å². The number of nitrogens with two attached hydrogens (primary N) is 1. The van der Waals surface area contributed by atoms with Crippen LogP contribution in [-0.4, -0.2) is 29.3 Å². The van der Waals surface area contributed by atoms with Crippen LogP contribution >= 0.6 is 0 Å². The lowest BCUT2D eigenvalue weighted by Crippen LogP contribution is -2.43. The minimum Gasteiger partial charge on any atom is -0.368 e. The van der Waals surface area contributed by atoms with Gasteiger partial charge in [-0.2, -0.15) is 0 Å². The molecule has 148 valence electrons. The molecule has 0 unspecified atom stereocenters. The molecule has 1 aliphatic rings. The molecule has 0 saturated carbocycles. The van der Waals surface area contributed by atoms with Gasteiger partial charge >= 0.3 is 0 Å². The zero-order valence-electron chi connectivity index (χ0n) is 16.9. The minimum atomic E-state index is -0.510. The molecule has 4 rings (SSSR count). The van der Waals surface area contributed by atoms with Crippen LogP contribution in [0, 0.1) is 0 Å². The summed E-state index contributed by atoms with van der Waals surface area (Å²) in [6.45, 7) is 4.93. The summed E-state index contributed by atoms with van der Waals surface area (Å²) < 4.78 is 0. The van der Waals surface area contributed by atoms with Crippen molar-refractivity contribution in [3.8, 4) is 11.1 Å². The fourth-order valence-electron chi connectivity index (χ4n) is 4.25. The molecule has 2 amide bonds. The van der Waals surface area contributed by atoms with Crippen LogP contribution in [0.2, 0.25) is 0 Å². The average molecular weight is 386 g/mol. The Morgan fingerprint density at radius 1 is 0.966 bits per heavy atom. The summed E-state index contributed by atoms with van der Waals surface area (Å²) in [4.78, 5) is 26.6. The molecule has 29 heavy (non-hydrogen) atoms. The number of nitrogens with zero attached hydrogens (tertiary/aromatic N) is 1. The Balaban J connectivity index is 1.78. The zero-order chi connectivity index (χ0) is 20.5. The van der Waals surface area contributed by atoms with E-state index >= 15 is 0 Å². The third kappa shape index (κ3) is 3.51. The molecule has 1 fully saturated rings. The first-order valence-electron chi connectivity index (χ1n) is 10.2. The third-order valence-corrected chi connectivity index (χ3v) is 5.88. The molecule has 0 aromatic heterocycles. The van der Waals surface area contributed by atoms with Crippen LogP contribution < -0.4 is 5.73 Å². The highest BCUT2D eigenvalue weighted by Gasteiger charge is 2.33. The molecule has 2 N–H and O–H groups in total. The van der Waals surface area contributed by atoms with E-state index in [9.17, 15) is 9.59 Å². The van der Waals surface area contributed by atoms with Crippen LogP contribution in [0.4, 0.5) is 0 Å². The Morgan fingerprint density at radius 2 is 1.66 bits per heavy atom. The van der Waals surface area contributed by atoms with Gasteiger partial charge in [-0.25, -0.2) is 0 Å². The summed E-state index contributed by atoms with van der Waals surface area (Å²) in [7, 11) is 0. The number of primary amides is 1.